The molecule has 0 atom stereocenters. The molecule has 0 spiro atoms. The molecule has 0 aromatic carbocycles. The Morgan fingerprint density at radius 2 is 1.54 bits per heavy atom. The molecule has 2 aliphatic carbocycles. The number of nitrogens with zero attached hydrogens (tertiary/aromatic N) is 3. The van der Waals surface area contributed by atoms with E-state index in [1.807, 2.05) is 6.20 Å². The van der Waals surface area contributed by atoms with Gasteiger partial charge in [0.1, 0.15) is 0 Å². The van der Waals surface area contributed by atoms with Gasteiger partial charge in [-0.15, -0.1) is 11.3 Å². The first-order valence-electron chi connectivity index (χ1n) is 11.6. The van der Waals surface area contributed by atoms with Gasteiger partial charge in [0.05, 0.1) is 0 Å². The molecule has 1 aliphatic heterocycles. The normalized spacial score (nSPS) is 22.9. The van der Waals surface area contributed by atoms with Crippen molar-refractivity contribution in [3.05, 3.63) is 11.1 Å². The maximum Gasteiger partial charge on any atom is 0.324 e. The lowest BCUT2D eigenvalue weighted by Gasteiger charge is -2.41. The third kappa shape index (κ3) is 5.26. The lowest BCUT2D eigenvalue weighted by atomic mass is 9.89. The molecular weight excluding hydrogens is 368 g/mol. The first kappa shape index (κ1) is 20.1. The highest BCUT2D eigenvalue weighted by Gasteiger charge is 2.32. The topological polar surface area (TPSA) is 48.5 Å². The number of carbonyl (C=O) groups excluding carboxylic acids is 1. The van der Waals surface area contributed by atoms with E-state index >= 15 is 0 Å². The number of hydrogen-bond donors (Lipinski definition) is 1. The van der Waals surface area contributed by atoms with Gasteiger partial charge in [0, 0.05) is 29.7 Å². The van der Waals surface area contributed by atoms with E-state index in [9.17, 15) is 4.79 Å². The summed E-state index contributed by atoms with van der Waals surface area (Å²) < 4.78 is 0. The molecule has 0 radical (unpaired) electrons. The van der Waals surface area contributed by atoms with Crippen molar-refractivity contribution in [2.75, 3.05) is 18.4 Å². The summed E-state index contributed by atoms with van der Waals surface area (Å²) in [6.07, 6.45) is 18.3. The summed E-state index contributed by atoms with van der Waals surface area (Å²) in [6, 6.07) is 0.937. The molecule has 1 aromatic rings. The van der Waals surface area contributed by atoms with Crippen molar-refractivity contribution < 1.29 is 4.79 Å². The lowest BCUT2D eigenvalue weighted by molar-refractivity contribution is 0.114. The van der Waals surface area contributed by atoms with Crippen LogP contribution in [-0.4, -0.2) is 46.0 Å². The van der Waals surface area contributed by atoms with Gasteiger partial charge in [0.2, 0.25) is 0 Å². The maximum absolute atomic E-state index is 13.3. The van der Waals surface area contributed by atoms with Crippen molar-refractivity contribution >= 4 is 22.5 Å². The van der Waals surface area contributed by atoms with Crippen LogP contribution in [0.15, 0.2) is 6.20 Å². The highest BCUT2D eigenvalue weighted by molar-refractivity contribution is 7.15. The number of rotatable bonds is 5. The molecule has 6 heteroatoms. The van der Waals surface area contributed by atoms with Crippen molar-refractivity contribution in [1.82, 2.24) is 14.8 Å². The highest BCUT2D eigenvalue weighted by atomic mass is 32.1. The standard InChI is InChI=1S/C22H36N4OS/c27-22(24-21-23-16-20(28-21)17-25-14-8-3-9-15-25)26(18-10-4-1-5-11-18)19-12-6-2-7-13-19/h16,18-19H,1-15,17H2,(H,23,24,27). The van der Waals surface area contributed by atoms with Crippen LogP contribution in [0.5, 0.6) is 0 Å². The first-order valence-corrected chi connectivity index (χ1v) is 12.4. The molecule has 2 amide bonds. The monoisotopic (exact) mass is 404 g/mol. The molecule has 156 valence electrons. The van der Waals surface area contributed by atoms with Gasteiger partial charge in [-0.1, -0.05) is 44.9 Å². The van der Waals surface area contributed by atoms with E-state index in [4.69, 9.17) is 0 Å². The number of aromatic nitrogens is 1. The smallest absolute Gasteiger partial charge is 0.319 e. The summed E-state index contributed by atoms with van der Waals surface area (Å²) in [5.41, 5.74) is 0. The molecular formula is C22H36N4OS. The second-order valence-electron chi connectivity index (χ2n) is 8.89. The van der Waals surface area contributed by atoms with Crippen LogP contribution in [0, 0.1) is 0 Å². The van der Waals surface area contributed by atoms with E-state index in [0.29, 0.717) is 12.1 Å². The van der Waals surface area contributed by atoms with Crippen molar-refractivity contribution in [3.8, 4) is 0 Å². The number of carbonyl (C=O) groups is 1. The van der Waals surface area contributed by atoms with Crippen LogP contribution in [0.4, 0.5) is 9.93 Å². The number of anilines is 1. The van der Waals surface area contributed by atoms with Crippen LogP contribution in [0.1, 0.15) is 88.3 Å². The number of hydrogen-bond acceptors (Lipinski definition) is 4. The van der Waals surface area contributed by atoms with Crippen LogP contribution in [-0.2, 0) is 6.54 Å². The summed E-state index contributed by atoms with van der Waals surface area (Å²) in [5, 5.41) is 3.94. The third-order valence-corrected chi connectivity index (χ3v) is 7.66. The molecule has 3 aliphatic rings. The van der Waals surface area contributed by atoms with E-state index in [-0.39, 0.29) is 6.03 Å². The molecule has 0 bridgehead atoms. The first-order chi connectivity index (χ1) is 13.8. The largest absolute Gasteiger partial charge is 0.324 e. The Morgan fingerprint density at radius 1 is 0.964 bits per heavy atom. The van der Waals surface area contributed by atoms with Crippen LogP contribution in [0.2, 0.25) is 0 Å². The average Bonchev–Trinajstić information content (AvgIpc) is 3.17. The minimum absolute atomic E-state index is 0.0951. The van der Waals surface area contributed by atoms with E-state index in [1.54, 1.807) is 11.3 Å². The van der Waals surface area contributed by atoms with Gasteiger partial charge < -0.3 is 4.90 Å². The number of likely N-dealkylation sites (tertiary alicyclic amines) is 1. The predicted octanol–water partition coefficient (Wildman–Crippen LogP) is 5.63. The molecule has 4 rings (SSSR count). The van der Waals surface area contributed by atoms with Gasteiger partial charge in [-0.2, -0.15) is 0 Å². The fourth-order valence-corrected chi connectivity index (χ4v) is 6.13. The Balaban J connectivity index is 1.39. The van der Waals surface area contributed by atoms with Crippen LogP contribution >= 0.6 is 11.3 Å². The number of piperidine rings is 1. The molecule has 1 aromatic heterocycles. The third-order valence-electron chi connectivity index (χ3n) is 6.77. The predicted molar refractivity (Wildman–Crippen MR) is 116 cm³/mol. The Labute approximate surface area is 173 Å². The van der Waals surface area contributed by atoms with Gasteiger partial charge in [-0.25, -0.2) is 9.78 Å². The molecule has 5 nitrogen and oxygen atoms in total. The Bertz CT molecular complexity index is 598. The summed E-state index contributed by atoms with van der Waals surface area (Å²) in [5.74, 6) is 0. The molecule has 28 heavy (non-hydrogen) atoms. The number of amides is 2. The average molecular weight is 405 g/mol. The van der Waals surface area contributed by atoms with Gasteiger partial charge in [-0.3, -0.25) is 10.2 Å². The zero-order chi connectivity index (χ0) is 19.2. The van der Waals surface area contributed by atoms with Crippen LogP contribution in [0.25, 0.3) is 0 Å². The maximum atomic E-state index is 13.3. The van der Waals surface area contributed by atoms with Crippen molar-refractivity contribution in [2.45, 2.75) is 102 Å². The molecule has 2 heterocycles. The highest BCUT2D eigenvalue weighted by Crippen LogP contribution is 2.31. The SMILES string of the molecule is O=C(Nc1ncc(CN2CCCCC2)s1)N(C1CCCCC1)C1CCCCC1. The van der Waals surface area contributed by atoms with Gasteiger partial charge in [0.25, 0.3) is 0 Å². The molecule has 3 fully saturated rings. The van der Waals surface area contributed by atoms with Crippen LogP contribution < -0.4 is 5.32 Å². The summed E-state index contributed by atoms with van der Waals surface area (Å²) >= 11 is 1.65. The number of nitrogens with one attached hydrogen (secondary N) is 1. The van der Waals surface area contributed by atoms with Crippen molar-refractivity contribution in [3.63, 3.8) is 0 Å². The Kier molecular flexibility index (Phi) is 7.24. The van der Waals surface area contributed by atoms with Gasteiger partial charge in [0.15, 0.2) is 5.13 Å². The fraction of sp³-hybridized carbons (Fsp3) is 0.818. The van der Waals surface area contributed by atoms with Gasteiger partial charge >= 0.3 is 6.03 Å². The zero-order valence-electron chi connectivity index (χ0n) is 17.2. The summed E-state index contributed by atoms with van der Waals surface area (Å²) in [6.45, 7) is 3.36. The zero-order valence-corrected chi connectivity index (χ0v) is 18.0. The van der Waals surface area contributed by atoms with E-state index in [1.165, 1.54) is 101 Å². The van der Waals surface area contributed by atoms with Crippen molar-refractivity contribution in [1.29, 1.82) is 0 Å². The Hall–Kier alpha value is -1.14. The quantitative estimate of drug-likeness (QED) is 0.692. The minimum atomic E-state index is 0.0951. The lowest BCUT2D eigenvalue weighted by Crippen LogP contribution is -2.50. The van der Waals surface area contributed by atoms with Gasteiger partial charge in [-0.05, 0) is 51.6 Å². The van der Waals surface area contributed by atoms with E-state index < -0.39 is 0 Å². The van der Waals surface area contributed by atoms with Crippen molar-refractivity contribution in [2.24, 2.45) is 0 Å². The Morgan fingerprint density at radius 3 is 2.14 bits per heavy atom. The summed E-state index contributed by atoms with van der Waals surface area (Å²) in [4.78, 5) is 23.8. The fourth-order valence-electron chi connectivity index (χ4n) is 5.28. The second kappa shape index (κ2) is 10.1. The molecule has 0 unspecified atom stereocenters. The van der Waals surface area contributed by atoms with E-state index in [0.717, 1.165) is 11.7 Å². The molecule has 1 saturated heterocycles. The molecule has 1 N–H and O–H groups in total. The molecule has 2 saturated carbocycles. The minimum Gasteiger partial charge on any atom is -0.319 e. The summed E-state index contributed by atoms with van der Waals surface area (Å²) in [7, 11) is 0. The number of urea groups is 1. The van der Waals surface area contributed by atoms with E-state index in [2.05, 4.69) is 20.1 Å². The number of thiazole rings is 1. The second-order valence-corrected chi connectivity index (χ2v) is 10.0. The van der Waals surface area contributed by atoms with Crippen LogP contribution in [0.3, 0.4) is 0 Å².